The van der Waals surface area contributed by atoms with Crippen LogP contribution in [0.2, 0.25) is 5.02 Å². The first-order valence-corrected chi connectivity index (χ1v) is 6.91. The molecule has 0 saturated carbocycles. The van der Waals surface area contributed by atoms with Gasteiger partial charge in [0.25, 0.3) is 0 Å². The zero-order valence-electron chi connectivity index (χ0n) is 11.3. The number of halogens is 1. The maximum atomic E-state index is 10.6. The summed E-state index contributed by atoms with van der Waals surface area (Å²) < 4.78 is 5.73. The average Bonchev–Trinajstić information content (AvgIpc) is 2.48. The Morgan fingerprint density at radius 1 is 1.14 bits per heavy atom. The van der Waals surface area contributed by atoms with Gasteiger partial charge >= 0.3 is 5.97 Å². The number of carboxylic acid groups (broad SMARTS) is 1. The van der Waals surface area contributed by atoms with E-state index < -0.39 is 5.97 Å². The summed E-state index contributed by atoms with van der Waals surface area (Å²) in [4.78, 5) is 10.6. The van der Waals surface area contributed by atoms with Gasteiger partial charge in [0, 0.05) is 18.1 Å². The van der Waals surface area contributed by atoms with Crippen LogP contribution < -0.4 is 4.74 Å². The summed E-state index contributed by atoms with van der Waals surface area (Å²) >= 11 is 6.12. The molecule has 0 aliphatic rings. The van der Waals surface area contributed by atoms with Gasteiger partial charge < -0.3 is 9.84 Å². The lowest BCUT2D eigenvalue weighted by atomic mass is 10.1. The summed E-state index contributed by atoms with van der Waals surface area (Å²) in [5.74, 6) is -0.502. The number of benzene rings is 2. The first kappa shape index (κ1) is 15.1. The number of rotatable bonds is 6. The van der Waals surface area contributed by atoms with Crippen LogP contribution in [0.4, 0.5) is 0 Å². The molecule has 0 saturated heterocycles. The van der Waals surface area contributed by atoms with Crippen molar-refractivity contribution in [3.63, 3.8) is 0 Å². The molecule has 0 bridgehead atoms. The molecule has 0 atom stereocenters. The van der Waals surface area contributed by atoms with E-state index in [1.54, 1.807) is 18.2 Å². The van der Waals surface area contributed by atoms with Crippen molar-refractivity contribution < 1.29 is 14.6 Å². The van der Waals surface area contributed by atoms with Crippen molar-refractivity contribution in [3.8, 4) is 5.75 Å². The first-order valence-electron chi connectivity index (χ1n) is 6.53. The van der Waals surface area contributed by atoms with E-state index in [-0.39, 0.29) is 0 Å². The Morgan fingerprint density at radius 2 is 1.90 bits per heavy atom. The van der Waals surface area contributed by atoms with E-state index in [1.807, 2.05) is 30.3 Å². The van der Waals surface area contributed by atoms with Crippen LogP contribution in [-0.4, -0.2) is 17.7 Å². The van der Waals surface area contributed by atoms with Crippen molar-refractivity contribution >= 4 is 23.6 Å². The molecule has 108 valence electrons. The second-order valence-electron chi connectivity index (χ2n) is 4.41. The van der Waals surface area contributed by atoms with E-state index in [0.717, 1.165) is 12.5 Å². The molecule has 4 heteroatoms. The lowest BCUT2D eigenvalue weighted by Gasteiger charge is -2.11. The zero-order valence-corrected chi connectivity index (χ0v) is 12.1. The van der Waals surface area contributed by atoms with Crippen molar-refractivity contribution in [1.29, 1.82) is 0 Å². The highest BCUT2D eigenvalue weighted by Crippen LogP contribution is 2.29. The van der Waals surface area contributed by atoms with E-state index >= 15 is 0 Å². The van der Waals surface area contributed by atoms with Crippen LogP contribution in [0.15, 0.2) is 54.6 Å². The number of para-hydroxylation sites is 1. The number of carboxylic acids is 1. The van der Waals surface area contributed by atoms with E-state index in [0.29, 0.717) is 22.9 Å². The van der Waals surface area contributed by atoms with Crippen LogP contribution in [0, 0.1) is 0 Å². The summed E-state index contributed by atoms with van der Waals surface area (Å²) in [6.07, 6.45) is 3.30. The highest BCUT2D eigenvalue weighted by atomic mass is 35.5. The molecule has 3 nitrogen and oxygen atoms in total. The van der Waals surface area contributed by atoms with Crippen LogP contribution in [0.3, 0.4) is 0 Å². The van der Waals surface area contributed by atoms with E-state index in [2.05, 4.69) is 0 Å². The Balaban J connectivity index is 2.06. The van der Waals surface area contributed by atoms with E-state index in [9.17, 15) is 4.79 Å². The molecule has 0 unspecified atom stereocenters. The van der Waals surface area contributed by atoms with Gasteiger partial charge in [0.05, 0.1) is 11.6 Å². The Kier molecular flexibility index (Phi) is 5.41. The monoisotopic (exact) mass is 302 g/mol. The fraction of sp³-hybridized carbons (Fsp3) is 0.118. The molecule has 0 aromatic heterocycles. The van der Waals surface area contributed by atoms with Gasteiger partial charge in [0.2, 0.25) is 0 Å². The molecular formula is C17H15ClO3. The van der Waals surface area contributed by atoms with Crippen LogP contribution in [-0.2, 0) is 11.2 Å². The smallest absolute Gasteiger partial charge is 0.328 e. The quantitative estimate of drug-likeness (QED) is 0.819. The molecule has 0 spiro atoms. The fourth-order valence-corrected chi connectivity index (χ4v) is 2.12. The molecule has 1 N–H and O–H groups in total. The molecule has 0 heterocycles. The standard InChI is InChI=1S/C17H15ClO3/c18-15-8-4-7-14(9-10-16(19)20)17(15)21-12-11-13-5-2-1-3-6-13/h1-10H,11-12H2,(H,19,20)/b10-9+. The third-order valence-electron chi connectivity index (χ3n) is 2.88. The molecule has 0 amide bonds. The molecule has 0 aliphatic carbocycles. The Labute approximate surface area is 128 Å². The van der Waals surface area contributed by atoms with Crippen molar-refractivity contribution in [3.05, 3.63) is 70.8 Å². The second kappa shape index (κ2) is 7.50. The fourth-order valence-electron chi connectivity index (χ4n) is 1.89. The third-order valence-corrected chi connectivity index (χ3v) is 3.18. The van der Waals surface area contributed by atoms with Crippen molar-refractivity contribution in [1.82, 2.24) is 0 Å². The van der Waals surface area contributed by atoms with Crippen LogP contribution >= 0.6 is 11.6 Å². The van der Waals surface area contributed by atoms with Gasteiger partial charge in [-0.2, -0.15) is 0 Å². The Morgan fingerprint density at radius 3 is 2.62 bits per heavy atom. The summed E-state index contributed by atoms with van der Waals surface area (Å²) in [6.45, 7) is 0.474. The minimum atomic E-state index is -1.01. The van der Waals surface area contributed by atoms with Crippen molar-refractivity contribution in [2.45, 2.75) is 6.42 Å². The molecule has 2 aromatic rings. The molecule has 2 rings (SSSR count). The molecule has 0 radical (unpaired) electrons. The molecular weight excluding hydrogens is 288 g/mol. The minimum absolute atomic E-state index is 0.468. The van der Waals surface area contributed by atoms with E-state index in [1.165, 1.54) is 11.6 Å². The maximum absolute atomic E-state index is 10.6. The molecule has 2 aromatic carbocycles. The summed E-state index contributed by atoms with van der Waals surface area (Å²) in [5, 5.41) is 9.17. The van der Waals surface area contributed by atoms with Crippen LogP contribution in [0.5, 0.6) is 5.75 Å². The van der Waals surface area contributed by atoms with Crippen molar-refractivity contribution in [2.24, 2.45) is 0 Å². The second-order valence-corrected chi connectivity index (χ2v) is 4.82. The Hall–Kier alpha value is -2.26. The zero-order chi connectivity index (χ0) is 15.1. The summed E-state index contributed by atoms with van der Waals surface area (Å²) in [6, 6.07) is 15.2. The maximum Gasteiger partial charge on any atom is 0.328 e. The number of ether oxygens (including phenoxy) is 1. The van der Waals surface area contributed by atoms with Gasteiger partial charge in [-0.25, -0.2) is 4.79 Å². The normalized spacial score (nSPS) is 10.7. The summed E-state index contributed by atoms with van der Waals surface area (Å²) in [5.41, 5.74) is 1.82. The minimum Gasteiger partial charge on any atom is -0.491 e. The van der Waals surface area contributed by atoms with E-state index in [4.69, 9.17) is 21.4 Å². The lowest BCUT2D eigenvalue weighted by Crippen LogP contribution is -2.03. The SMILES string of the molecule is O=C(O)/C=C/c1cccc(Cl)c1OCCc1ccccc1. The van der Waals surface area contributed by atoms with Gasteiger partial charge in [0.1, 0.15) is 5.75 Å². The predicted octanol–water partition coefficient (Wildman–Crippen LogP) is 4.06. The lowest BCUT2D eigenvalue weighted by molar-refractivity contribution is -0.131. The number of aliphatic carboxylic acids is 1. The van der Waals surface area contributed by atoms with Gasteiger partial charge in [-0.1, -0.05) is 54.1 Å². The largest absolute Gasteiger partial charge is 0.491 e. The predicted molar refractivity (Wildman–Crippen MR) is 83.8 cm³/mol. The number of hydrogen-bond donors (Lipinski definition) is 1. The van der Waals surface area contributed by atoms with Gasteiger partial charge in [-0.05, 0) is 17.7 Å². The van der Waals surface area contributed by atoms with Gasteiger partial charge in [-0.15, -0.1) is 0 Å². The third kappa shape index (κ3) is 4.65. The molecule has 21 heavy (non-hydrogen) atoms. The molecule has 0 aliphatic heterocycles. The van der Waals surface area contributed by atoms with Crippen molar-refractivity contribution in [2.75, 3.05) is 6.61 Å². The first-order chi connectivity index (χ1) is 10.2. The van der Waals surface area contributed by atoms with Crippen LogP contribution in [0.1, 0.15) is 11.1 Å². The highest BCUT2D eigenvalue weighted by Gasteiger charge is 2.06. The number of hydrogen-bond acceptors (Lipinski definition) is 2. The van der Waals surface area contributed by atoms with Crippen LogP contribution in [0.25, 0.3) is 6.08 Å². The van der Waals surface area contributed by atoms with Gasteiger partial charge in [0.15, 0.2) is 0 Å². The average molecular weight is 303 g/mol. The topological polar surface area (TPSA) is 46.5 Å². The summed E-state index contributed by atoms with van der Waals surface area (Å²) in [7, 11) is 0. The highest BCUT2D eigenvalue weighted by molar-refractivity contribution is 6.32. The molecule has 0 fully saturated rings. The van der Waals surface area contributed by atoms with Gasteiger partial charge in [-0.3, -0.25) is 0 Å². The Bertz CT molecular complexity index is 636. The number of carbonyl (C=O) groups is 1.